The van der Waals surface area contributed by atoms with Gasteiger partial charge in [-0.2, -0.15) is 0 Å². The van der Waals surface area contributed by atoms with E-state index in [9.17, 15) is 19.7 Å². The van der Waals surface area contributed by atoms with Gasteiger partial charge < -0.3 is 0 Å². The molecule has 0 aromatic heterocycles. The maximum atomic E-state index is 11.2. The first-order valence-corrected chi connectivity index (χ1v) is 4.29. The molecule has 5 nitrogen and oxygen atoms in total. The molecule has 6 heteroatoms. The van der Waals surface area contributed by atoms with Crippen molar-refractivity contribution in [3.05, 3.63) is 38.4 Å². The summed E-state index contributed by atoms with van der Waals surface area (Å²) in [4.78, 5) is 31.7. The van der Waals surface area contributed by atoms with E-state index in [4.69, 9.17) is 11.6 Å². The Balaban J connectivity index is 3.61. The summed E-state index contributed by atoms with van der Waals surface area (Å²) >= 11 is 5.57. The molecule has 0 fully saturated rings. The van der Waals surface area contributed by atoms with Crippen LogP contribution in [0.3, 0.4) is 0 Å². The molecular formula is C9H6ClNO4. The summed E-state index contributed by atoms with van der Waals surface area (Å²) in [5.74, 6) is -0.541. The first-order valence-electron chi connectivity index (χ1n) is 3.91. The zero-order chi connectivity index (χ0) is 11.6. The second-order valence-electron chi connectivity index (χ2n) is 2.82. The van der Waals surface area contributed by atoms with Crippen molar-refractivity contribution in [2.75, 3.05) is 0 Å². The average molecular weight is 228 g/mol. The molecule has 0 spiro atoms. The normalized spacial score (nSPS) is 9.73. The molecular weight excluding hydrogens is 222 g/mol. The molecule has 15 heavy (non-hydrogen) atoms. The number of carbonyl (C=O) groups is 2. The van der Waals surface area contributed by atoms with E-state index in [0.29, 0.717) is 6.29 Å². The van der Waals surface area contributed by atoms with E-state index in [0.717, 1.165) is 13.0 Å². The molecule has 0 radical (unpaired) electrons. The second kappa shape index (κ2) is 4.18. The molecule has 1 aromatic rings. The van der Waals surface area contributed by atoms with Crippen LogP contribution < -0.4 is 0 Å². The van der Waals surface area contributed by atoms with Gasteiger partial charge in [-0.05, 0) is 13.0 Å². The fraction of sp³-hybridized carbons (Fsp3) is 0.111. The highest BCUT2D eigenvalue weighted by Gasteiger charge is 2.22. The number of nitro groups is 1. The molecule has 0 aliphatic rings. The lowest BCUT2D eigenvalue weighted by Gasteiger charge is -2.02. The minimum atomic E-state index is -0.740. The highest BCUT2D eigenvalue weighted by Crippen LogP contribution is 2.26. The fourth-order valence-electron chi connectivity index (χ4n) is 1.23. The minimum absolute atomic E-state index is 0.0498. The Labute approximate surface area is 89.8 Å². The molecule has 0 aliphatic carbocycles. The van der Waals surface area contributed by atoms with Crippen molar-refractivity contribution in [3.8, 4) is 0 Å². The first kappa shape index (κ1) is 11.3. The summed E-state index contributed by atoms with van der Waals surface area (Å²) in [7, 11) is 0. The Morgan fingerprint density at radius 3 is 2.53 bits per heavy atom. The third kappa shape index (κ3) is 2.19. The lowest BCUT2D eigenvalue weighted by Crippen LogP contribution is -2.04. The zero-order valence-corrected chi connectivity index (χ0v) is 8.45. The Kier molecular flexibility index (Phi) is 3.16. The number of rotatable bonds is 3. The standard InChI is InChI=1S/C9H6ClNO4/c1-5(13)9-6(4-12)2-7(10)3-8(9)11(14)15/h2-4H,1H3. The van der Waals surface area contributed by atoms with Crippen molar-refractivity contribution in [3.63, 3.8) is 0 Å². The molecule has 0 bridgehead atoms. The van der Waals surface area contributed by atoms with Crippen molar-refractivity contribution in [2.45, 2.75) is 6.92 Å². The summed E-state index contributed by atoms with van der Waals surface area (Å²) in [6.07, 6.45) is 0.371. The molecule has 0 saturated heterocycles. The number of carbonyl (C=O) groups excluding carboxylic acids is 2. The molecule has 0 aliphatic heterocycles. The van der Waals surface area contributed by atoms with Gasteiger partial charge in [-0.1, -0.05) is 11.6 Å². The van der Waals surface area contributed by atoms with Gasteiger partial charge in [-0.15, -0.1) is 0 Å². The van der Waals surface area contributed by atoms with Crippen LogP contribution in [-0.2, 0) is 0 Å². The van der Waals surface area contributed by atoms with E-state index in [-0.39, 0.29) is 16.1 Å². The predicted molar refractivity (Wildman–Crippen MR) is 53.5 cm³/mol. The Hall–Kier alpha value is -1.75. The molecule has 0 amide bonds. The van der Waals surface area contributed by atoms with E-state index in [1.807, 2.05) is 0 Å². The third-order valence-electron chi connectivity index (χ3n) is 1.79. The summed E-state index contributed by atoms with van der Waals surface area (Å²) in [6.45, 7) is 1.16. The van der Waals surface area contributed by atoms with Crippen molar-refractivity contribution in [1.29, 1.82) is 0 Å². The third-order valence-corrected chi connectivity index (χ3v) is 2.01. The maximum absolute atomic E-state index is 11.2. The average Bonchev–Trinajstić information content (AvgIpc) is 2.15. The second-order valence-corrected chi connectivity index (χ2v) is 3.26. The van der Waals surface area contributed by atoms with Gasteiger partial charge >= 0.3 is 0 Å². The lowest BCUT2D eigenvalue weighted by atomic mass is 10.0. The van der Waals surface area contributed by atoms with Gasteiger partial charge in [0.25, 0.3) is 5.69 Å². The monoisotopic (exact) mass is 227 g/mol. The van der Waals surface area contributed by atoms with Crippen LogP contribution in [0.1, 0.15) is 27.6 Å². The Morgan fingerprint density at radius 2 is 2.13 bits per heavy atom. The van der Waals surface area contributed by atoms with E-state index < -0.39 is 16.4 Å². The predicted octanol–water partition coefficient (Wildman–Crippen LogP) is 2.26. The highest BCUT2D eigenvalue weighted by atomic mass is 35.5. The van der Waals surface area contributed by atoms with E-state index >= 15 is 0 Å². The van der Waals surface area contributed by atoms with Crippen molar-refractivity contribution in [2.24, 2.45) is 0 Å². The molecule has 0 atom stereocenters. The van der Waals surface area contributed by atoms with Crippen molar-refractivity contribution in [1.82, 2.24) is 0 Å². The Morgan fingerprint density at radius 1 is 1.53 bits per heavy atom. The molecule has 78 valence electrons. The van der Waals surface area contributed by atoms with Crippen LogP contribution in [0.25, 0.3) is 0 Å². The Bertz CT molecular complexity index is 456. The number of hydrogen-bond acceptors (Lipinski definition) is 4. The maximum Gasteiger partial charge on any atom is 0.282 e. The summed E-state index contributed by atoms with van der Waals surface area (Å²) in [5.41, 5.74) is -0.724. The van der Waals surface area contributed by atoms with E-state index in [1.54, 1.807) is 0 Å². The highest BCUT2D eigenvalue weighted by molar-refractivity contribution is 6.31. The largest absolute Gasteiger partial charge is 0.298 e. The molecule has 0 N–H and O–H groups in total. The van der Waals surface area contributed by atoms with Gasteiger partial charge in [0.15, 0.2) is 12.1 Å². The van der Waals surface area contributed by atoms with Crippen LogP contribution in [0.15, 0.2) is 12.1 Å². The molecule has 0 unspecified atom stereocenters. The molecule has 0 heterocycles. The van der Waals surface area contributed by atoms with Crippen molar-refractivity contribution < 1.29 is 14.5 Å². The smallest absolute Gasteiger partial charge is 0.282 e. The molecule has 1 aromatic carbocycles. The van der Waals surface area contributed by atoms with Gasteiger partial charge in [0.1, 0.15) is 5.56 Å². The van der Waals surface area contributed by atoms with Crippen LogP contribution >= 0.6 is 11.6 Å². The van der Waals surface area contributed by atoms with Gasteiger partial charge in [0.2, 0.25) is 0 Å². The quantitative estimate of drug-likeness (QED) is 0.343. The van der Waals surface area contributed by atoms with Gasteiger partial charge in [-0.3, -0.25) is 19.7 Å². The number of hydrogen-bond donors (Lipinski definition) is 0. The minimum Gasteiger partial charge on any atom is -0.298 e. The van der Waals surface area contributed by atoms with Crippen LogP contribution in [0.2, 0.25) is 5.02 Å². The zero-order valence-electron chi connectivity index (χ0n) is 7.69. The number of ketones is 1. The van der Waals surface area contributed by atoms with Crippen LogP contribution in [-0.4, -0.2) is 17.0 Å². The number of Topliss-reactive ketones (excluding diaryl/α,β-unsaturated/α-hetero) is 1. The number of nitrogens with zero attached hydrogens (tertiary/aromatic N) is 1. The van der Waals surface area contributed by atoms with Crippen LogP contribution in [0.5, 0.6) is 0 Å². The van der Waals surface area contributed by atoms with Crippen LogP contribution in [0, 0.1) is 10.1 Å². The van der Waals surface area contributed by atoms with Gasteiger partial charge in [-0.25, -0.2) is 0 Å². The number of nitro benzene ring substituents is 1. The first-order chi connectivity index (χ1) is 6.97. The van der Waals surface area contributed by atoms with Crippen molar-refractivity contribution >= 4 is 29.4 Å². The fourth-order valence-corrected chi connectivity index (χ4v) is 1.45. The van der Waals surface area contributed by atoms with E-state index in [2.05, 4.69) is 0 Å². The summed E-state index contributed by atoms with van der Waals surface area (Å²) in [6, 6.07) is 2.27. The van der Waals surface area contributed by atoms with Gasteiger partial charge in [0.05, 0.1) is 4.92 Å². The summed E-state index contributed by atoms with van der Waals surface area (Å²) in [5, 5.41) is 10.7. The van der Waals surface area contributed by atoms with Crippen LogP contribution in [0.4, 0.5) is 5.69 Å². The van der Waals surface area contributed by atoms with Gasteiger partial charge in [0, 0.05) is 16.7 Å². The summed E-state index contributed by atoms with van der Waals surface area (Å²) < 4.78 is 0. The number of halogens is 1. The number of benzene rings is 1. The topological polar surface area (TPSA) is 77.3 Å². The number of aldehydes is 1. The molecule has 0 saturated carbocycles. The van der Waals surface area contributed by atoms with E-state index in [1.165, 1.54) is 6.07 Å². The lowest BCUT2D eigenvalue weighted by molar-refractivity contribution is -0.385. The SMILES string of the molecule is CC(=O)c1c(C=O)cc(Cl)cc1[N+](=O)[O-]. The molecule has 1 rings (SSSR count).